The fraction of sp³-hybridized carbons (Fsp3) is 0.0952. The van der Waals surface area contributed by atoms with E-state index in [0.717, 1.165) is 26.7 Å². The lowest BCUT2D eigenvalue weighted by Crippen LogP contribution is -2.04. The lowest BCUT2D eigenvalue weighted by molar-refractivity contribution is -0.385. The van der Waals surface area contributed by atoms with Crippen LogP contribution in [0.1, 0.15) is 11.1 Å². The fourth-order valence-corrected chi connectivity index (χ4v) is 3.44. The van der Waals surface area contributed by atoms with Crippen LogP contribution in [0, 0.1) is 24.0 Å². The fourth-order valence-electron chi connectivity index (χ4n) is 2.99. The van der Waals surface area contributed by atoms with Gasteiger partial charge in [-0.1, -0.05) is 34.1 Å². The Morgan fingerprint density at radius 1 is 1.10 bits per heavy atom. The van der Waals surface area contributed by atoms with Crippen LogP contribution in [0.4, 0.5) is 17.2 Å². The van der Waals surface area contributed by atoms with Gasteiger partial charge in [0, 0.05) is 21.7 Å². The summed E-state index contributed by atoms with van der Waals surface area (Å²) in [5.74, 6) is 0.235. The molecule has 2 heterocycles. The Morgan fingerprint density at radius 3 is 2.73 bits per heavy atom. The Labute approximate surface area is 180 Å². The van der Waals surface area contributed by atoms with Gasteiger partial charge in [0.05, 0.1) is 4.92 Å². The first kappa shape index (κ1) is 19.7. The normalized spacial score (nSPS) is 10.8. The largest absolute Gasteiger partial charge is 0.431 e. The maximum Gasteiger partial charge on any atom is 0.373 e. The smallest absolute Gasteiger partial charge is 0.373 e. The number of pyridine rings is 1. The topological polar surface area (TPSA) is 103 Å². The summed E-state index contributed by atoms with van der Waals surface area (Å²) in [7, 11) is 0. The molecule has 0 fully saturated rings. The molecule has 0 aliphatic rings. The molecule has 0 atom stereocenters. The van der Waals surface area contributed by atoms with Crippen molar-refractivity contribution in [2.45, 2.75) is 13.8 Å². The lowest BCUT2D eigenvalue weighted by atomic mass is 10.1. The van der Waals surface area contributed by atoms with Gasteiger partial charge in [0.1, 0.15) is 11.8 Å². The molecule has 0 spiro atoms. The van der Waals surface area contributed by atoms with Crippen molar-refractivity contribution in [2.75, 3.05) is 5.32 Å². The highest BCUT2D eigenvalue weighted by Gasteiger charge is 2.26. The minimum Gasteiger partial charge on any atom is -0.431 e. The maximum atomic E-state index is 11.9. The van der Waals surface area contributed by atoms with Crippen LogP contribution in [-0.4, -0.2) is 19.9 Å². The molecule has 4 aromatic rings. The molecule has 0 unspecified atom stereocenters. The van der Waals surface area contributed by atoms with Crippen molar-refractivity contribution in [1.82, 2.24) is 15.0 Å². The summed E-state index contributed by atoms with van der Waals surface area (Å²) in [4.78, 5) is 23.7. The van der Waals surface area contributed by atoms with Crippen LogP contribution in [0.3, 0.4) is 0 Å². The average Bonchev–Trinajstić information content (AvgIpc) is 2.73. The van der Waals surface area contributed by atoms with Crippen molar-refractivity contribution >= 4 is 44.0 Å². The molecule has 0 radical (unpaired) electrons. The first-order valence-electron chi connectivity index (χ1n) is 8.99. The van der Waals surface area contributed by atoms with E-state index in [1.54, 1.807) is 24.4 Å². The maximum absolute atomic E-state index is 11.9. The monoisotopic (exact) mass is 465 g/mol. The molecule has 30 heavy (non-hydrogen) atoms. The highest BCUT2D eigenvalue weighted by Crippen LogP contribution is 2.38. The van der Waals surface area contributed by atoms with E-state index in [1.165, 1.54) is 6.33 Å². The number of hydrogen-bond donors (Lipinski definition) is 1. The summed E-state index contributed by atoms with van der Waals surface area (Å²) in [6.45, 7) is 3.85. The van der Waals surface area contributed by atoms with Crippen molar-refractivity contribution in [2.24, 2.45) is 0 Å². The van der Waals surface area contributed by atoms with Gasteiger partial charge in [-0.05, 0) is 49.2 Å². The molecule has 0 saturated heterocycles. The van der Waals surface area contributed by atoms with Gasteiger partial charge in [0.15, 0.2) is 5.75 Å². The highest BCUT2D eigenvalue weighted by molar-refractivity contribution is 9.10. The second kappa shape index (κ2) is 8.03. The number of nitro groups is 1. The Bertz CT molecular complexity index is 1280. The molecule has 9 heteroatoms. The number of nitrogens with zero attached hydrogens (tertiary/aromatic N) is 4. The second-order valence-corrected chi connectivity index (χ2v) is 7.48. The van der Waals surface area contributed by atoms with Crippen LogP contribution >= 0.6 is 15.9 Å². The zero-order valence-corrected chi connectivity index (χ0v) is 17.7. The zero-order valence-electron chi connectivity index (χ0n) is 16.1. The van der Waals surface area contributed by atoms with Crippen molar-refractivity contribution in [1.29, 1.82) is 0 Å². The van der Waals surface area contributed by atoms with Gasteiger partial charge in [0.2, 0.25) is 5.82 Å². The summed E-state index contributed by atoms with van der Waals surface area (Å²) in [5.41, 5.74) is 2.87. The minimum absolute atomic E-state index is 0.0491. The van der Waals surface area contributed by atoms with Gasteiger partial charge in [-0.25, -0.2) is 4.98 Å². The molecule has 2 aromatic heterocycles. The predicted octanol–water partition coefficient (Wildman–Crippen LogP) is 5.85. The number of nitrogens with one attached hydrogen (secondary N) is 1. The number of ether oxygens (including phenoxy) is 1. The van der Waals surface area contributed by atoms with Crippen LogP contribution in [0.5, 0.6) is 11.6 Å². The van der Waals surface area contributed by atoms with E-state index < -0.39 is 4.92 Å². The first-order chi connectivity index (χ1) is 14.4. The van der Waals surface area contributed by atoms with Crippen molar-refractivity contribution in [3.63, 3.8) is 0 Å². The number of benzene rings is 2. The van der Waals surface area contributed by atoms with E-state index >= 15 is 0 Å². The summed E-state index contributed by atoms with van der Waals surface area (Å²) >= 11 is 3.48. The summed E-state index contributed by atoms with van der Waals surface area (Å²) in [5, 5.41) is 15.7. The van der Waals surface area contributed by atoms with Gasteiger partial charge < -0.3 is 10.1 Å². The Hall–Kier alpha value is -3.59. The number of aromatic nitrogens is 3. The van der Waals surface area contributed by atoms with E-state index in [9.17, 15) is 10.1 Å². The molecule has 0 amide bonds. The van der Waals surface area contributed by atoms with Crippen molar-refractivity contribution < 1.29 is 9.66 Å². The number of halogens is 1. The van der Waals surface area contributed by atoms with Crippen LogP contribution in [-0.2, 0) is 0 Å². The molecule has 0 aliphatic carbocycles. The number of aryl methyl sites for hydroxylation is 2. The number of anilines is 2. The van der Waals surface area contributed by atoms with Crippen LogP contribution in [0.2, 0.25) is 0 Å². The predicted molar refractivity (Wildman–Crippen MR) is 117 cm³/mol. The average molecular weight is 466 g/mol. The second-order valence-electron chi connectivity index (χ2n) is 6.62. The van der Waals surface area contributed by atoms with Gasteiger partial charge in [-0.3, -0.25) is 15.1 Å². The Kier molecular flexibility index (Phi) is 5.28. The molecular formula is C21H16BrN5O3. The van der Waals surface area contributed by atoms with E-state index in [2.05, 4.69) is 36.2 Å². The summed E-state index contributed by atoms with van der Waals surface area (Å²) in [6, 6.07) is 13.0. The molecule has 0 saturated carbocycles. The SMILES string of the molecule is Cc1ccc(C)c(Nc2ncnc(Oc3ccc(Br)c4cccnc34)c2[N+](=O)[O-])c1. The lowest BCUT2D eigenvalue weighted by Gasteiger charge is -2.12. The van der Waals surface area contributed by atoms with Gasteiger partial charge in [-0.15, -0.1) is 0 Å². The van der Waals surface area contributed by atoms with Crippen molar-refractivity contribution in [3.05, 3.63) is 80.7 Å². The minimum atomic E-state index is -0.558. The van der Waals surface area contributed by atoms with Crippen LogP contribution in [0.25, 0.3) is 10.9 Å². The van der Waals surface area contributed by atoms with E-state index in [1.807, 2.05) is 38.1 Å². The third-order valence-corrected chi connectivity index (χ3v) is 5.19. The van der Waals surface area contributed by atoms with Crippen LogP contribution < -0.4 is 10.1 Å². The summed E-state index contributed by atoms with van der Waals surface area (Å²) < 4.78 is 6.70. The van der Waals surface area contributed by atoms with E-state index in [-0.39, 0.29) is 17.4 Å². The molecule has 0 aliphatic heterocycles. The number of rotatable bonds is 5. The third kappa shape index (κ3) is 3.79. The number of hydrogen-bond acceptors (Lipinski definition) is 7. The van der Waals surface area contributed by atoms with Gasteiger partial charge in [0.25, 0.3) is 0 Å². The quantitative estimate of drug-likeness (QED) is 0.291. The zero-order chi connectivity index (χ0) is 21.3. The Morgan fingerprint density at radius 2 is 1.93 bits per heavy atom. The number of fused-ring (bicyclic) bond motifs is 1. The molecule has 2 aromatic carbocycles. The Balaban J connectivity index is 1.79. The van der Waals surface area contributed by atoms with E-state index in [4.69, 9.17) is 4.74 Å². The van der Waals surface area contributed by atoms with Gasteiger partial charge >= 0.3 is 11.6 Å². The van der Waals surface area contributed by atoms with Crippen molar-refractivity contribution in [3.8, 4) is 11.6 Å². The van der Waals surface area contributed by atoms with Gasteiger partial charge in [-0.2, -0.15) is 4.98 Å². The van der Waals surface area contributed by atoms with E-state index in [0.29, 0.717) is 11.3 Å². The molecule has 1 N–H and O–H groups in total. The standard InChI is InChI=1S/C21H16BrN5O3/c1-12-5-6-13(2)16(10-12)26-20-19(27(28)29)21(25-11-24-20)30-17-8-7-15(22)14-4-3-9-23-18(14)17/h3-11H,1-2H3,(H,24,25,26). The molecule has 0 bridgehead atoms. The molecular weight excluding hydrogens is 450 g/mol. The highest BCUT2D eigenvalue weighted by atomic mass is 79.9. The first-order valence-corrected chi connectivity index (χ1v) is 9.78. The third-order valence-electron chi connectivity index (χ3n) is 4.50. The summed E-state index contributed by atoms with van der Waals surface area (Å²) in [6.07, 6.45) is 2.85. The molecule has 150 valence electrons. The molecule has 4 rings (SSSR count). The van der Waals surface area contributed by atoms with Crippen LogP contribution in [0.15, 0.2) is 59.5 Å². The molecule has 8 nitrogen and oxygen atoms in total.